The summed E-state index contributed by atoms with van der Waals surface area (Å²) in [6.07, 6.45) is 0.0495. The highest BCUT2D eigenvalue weighted by atomic mass is 19.1. The molecule has 1 atom stereocenters. The minimum Gasteiger partial charge on any atom is -0.494 e. The summed E-state index contributed by atoms with van der Waals surface area (Å²) in [4.78, 5) is 22.5. The predicted octanol–water partition coefficient (Wildman–Crippen LogP) is 3.72. The summed E-state index contributed by atoms with van der Waals surface area (Å²) in [6, 6.07) is 13.0. The van der Waals surface area contributed by atoms with Crippen molar-refractivity contribution in [1.29, 1.82) is 0 Å². The second-order valence-corrected chi connectivity index (χ2v) is 8.24. The number of carbonyl (C=O) groups excluding carboxylic acids is 1. The topological polar surface area (TPSA) is 78.5 Å². The van der Waals surface area contributed by atoms with E-state index in [4.69, 9.17) is 9.72 Å². The normalized spacial score (nSPS) is 14.6. The second kappa shape index (κ2) is 7.91. The fraction of sp³-hybridized carbons (Fsp3) is 0.280. The number of halogens is 1. The van der Waals surface area contributed by atoms with Crippen LogP contribution in [0, 0.1) is 5.82 Å². The maximum absolute atomic E-state index is 14.3. The van der Waals surface area contributed by atoms with E-state index in [0.29, 0.717) is 25.9 Å². The molecule has 2 aromatic carbocycles. The average molecular weight is 433 g/mol. The van der Waals surface area contributed by atoms with Gasteiger partial charge in [0.1, 0.15) is 6.10 Å². The van der Waals surface area contributed by atoms with Crippen LogP contribution in [0.4, 0.5) is 4.39 Å². The number of nitrogens with one attached hydrogen (secondary N) is 1. The number of pyridine rings is 1. The van der Waals surface area contributed by atoms with Crippen LogP contribution in [0.15, 0.2) is 42.5 Å². The van der Waals surface area contributed by atoms with Crippen LogP contribution in [-0.4, -0.2) is 45.6 Å². The van der Waals surface area contributed by atoms with Crippen LogP contribution in [0.2, 0.25) is 0 Å². The number of aliphatic hydroxyl groups excluding tert-OH is 1. The molecule has 0 aliphatic carbocycles. The number of aromatic amines is 1. The molecular formula is C25H24FN3O3. The number of para-hydroxylation sites is 1. The molecule has 32 heavy (non-hydrogen) atoms. The lowest BCUT2D eigenvalue weighted by Gasteiger charge is -2.30. The van der Waals surface area contributed by atoms with Crippen molar-refractivity contribution in [2.24, 2.45) is 0 Å². The number of aromatic nitrogens is 2. The van der Waals surface area contributed by atoms with Crippen molar-refractivity contribution in [3.63, 3.8) is 0 Å². The summed E-state index contributed by atoms with van der Waals surface area (Å²) in [5.74, 6) is -0.505. The summed E-state index contributed by atoms with van der Waals surface area (Å²) in [6.45, 7) is 2.37. The van der Waals surface area contributed by atoms with Crippen molar-refractivity contribution in [3.05, 3.63) is 70.8 Å². The summed E-state index contributed by atoms with van der Waals surface area (Å²) in [7, 11) is 1.44. The summed E-state index contributed by atoms with van der Waals surface area (Å²) < 4.78 is 19.3. The Balaban J connectivity index is 1.66. The lowest BCUT2D eigenvalue weighted by molar-refractivity contribution is -0.140. The van der Waals surface area contributed by atoms with Crippen molar-refractivity contribution in [1.82, 2.24) is 14.9 Å². The van der Waals surface area contributed by atoms with Crippen molar-refractivity contribution >= 4 is 27.7 Å². The van der Waals surface area contributed by atoms with E-state index in [-0.39, 0.29) is 11.7 Å². The molecule has 0 saturated heterocycles. The summed E-state index contributed by atoms with van der Waals surface area (Å²) in [5.41, 5.74) is 5.48. The third-order valence-electron chi connectivity index (χ3n) is 6.14. The van der Waals surface area contributed by atoms with Gasteiger partial charge in [-0.25, -0.2) is 4.39 Å². The average Bonchev–Trinajstić information content (AvgIpc) is 3.18. The first-order valence-electron chi connectivity index (χ1n) is 10.7. The second-order valence-electron chi connectivity index (χ2n) is 8.24. The van der Waals surface area contributed by atoms with E-state index < -0.39 is 11.9 Å². The number of H-pyrrole nitrogens is 1. The Bertz CT molecular complexity index is 1350. The summed E-state index contributed by atoms with van der Waals surface area (Å²) >= 11 is 0. The number of fused-ring (bicyclic) bond motifs is 5. The molecule has 5 rings (SSSR count). The number of aliphatic hydroxyl groups is 1. The number of benzene rings is 2. The van der Waals surface area contributed by atoms with Gasteiger partial charge in [0.25, 0.3) is 5.91 Å². The highest BCUT2D eigenvalue weighted by molar-refractivity contribution is 6.10. The Labute approximate surface area is 184 Å². The first kappa shape index (κ1) is 20.5. The first-order valence-corrected chi connectivity index (χ1v) is 10.7. The SMILES string of the molecule is COc1ccc(Cc2nc3c(c4c2[nH]c2ccccc24)CCN(C(=O)C(C)O)C3)cc1F. The van der Waals surface area contributed by atoms with E-state index in [2.05, 4.69) is 11.1 Å². The Hall–Kier alpha value is -3.45. The molecule has 0 spiro atoms. The van der Waals surface area contributed by atoms with Crippen LogP contribution in [0.5, 0.6) is 5.75 Å². The van der Waals surface area contributed by atoms with Gasteiger partial charge in [0.2, 0.25) is 0 Å². The summed E-state index contributed by atoms with van der Waals surface area (Å²) in [5, 5.41) is 12.0. The minimum absolute atomic E-state index is 0.204. The first-order chi connectivity index (χ1) is 15.5. The number of nitrogens with zero attached hydrogens (tertiary/aromatic N) is 2. The molecule has 1 aliphatic rings. The number of amides is 1. The smallest absolute Gasteiger partial charge is 0.251 e. The molecule has 6 nitrogen and oxygen atoms in total. The number of rotatable bonds is 4. The van der Waals surface area contributed by atoms with Gasteiger partial charge in [-0.2, -0.15) is 0 Å². The monoisotopic (exact) mass is 433 g/mol. The Morgan fingerprint density at radius 1 is 1.31 bits per heavy atom. The van der Waals surface area contributed by atoms with Gasteiger partial charge >= 0.3 is 0 Å². The van der Waals surface area contributed by atoms with E-state index in [1.165, 1.54) is 20.1 Å². The lowest BCUT2D eigenvalue weighted by Crippen LogP contribution is -2.41. The van der Waals surface area contributed by atoms with Crippen LogP contribution in [0.3, 0.4) is 0 Å². The molecule has 7 heteroatoms. The Kier molecular flexibility index (Phi) is 5.06. The molecule has 2 aromatic heterocycles. The van der Waals surface area contributed by atoms with Crippen LogP contribution in [0.1, 0.15) is 29.4 Å². The van der Waals surface area contributed by atoms with E-state index in [9.17, 15) is 14.3 Å². The number of carbonyl (C=O) groups is 1. The molecule has 4 aromatic rings. The van der Waals surface area contributed by atoms with Gasteiger partial charge in [0.05, 0.1) is 30.6 Å². The Morgan fingerprint density at radius 3 is 2.88 bits per heavy atom. The van der Waals surface area contributed by atoms with Crippen LogP contribution in [0.25, 0.3) is 21.8 Å². The van der Waals surface area contributed by atoms with Gasteiger partial charge in [-0.15, -0.1) is 0 Å². The molecular weight excluding hydrogens is 409 g/mol. The van der Waals surface area contributed by atoms with Gasteiger partial charge in [-0.3, -0.25) is 9.78 Å². The molecule has 0 radical (unpaired) electrons. The highest BCUT2D eigenvalue weighted by Crippen LogP contribution is 2.35. The molecule has 0 fully saturated rings. The van der Waals surface area contributed by atoms with Crippen molar-refractivity contribution in [3.8, 4) is 5.75 Å². The standard InChI is InChI=1S/C25H24FN3O3/c1-14(30)25(31)29-10-9-17-21(13-29)27-20(12-15-7-8-22(32-2)18(26)11-15)24-23(17)16-5-3-4-6-19(16)28-24/h3-8,11,14,28,30H,9-10,12-13H2,1-2H3. The fourth-order valence-corrected chi connectivity index (χ4v) is 4.60. The van der Waals surface area contributed by atoms with E-state index >= 15 is 0 Å². The molecule has 3 heterocycles. The molecule has 1 unspecified atom stereocenters. The van der Waals surface area contributed by atoms with E-state index in [0.717, 1.165) is 44.3 Å². The van der Waals surface area contributed by atoms with Gasteiger partial charge < -0.3 is 19.7 Å². The third kappa shape index (κ3) is 3.39. The van der Waals surface area contributed by atoms with Gasteiger partial charge in [-0.05, 0) is 42.7 Å². The number of methoxy groups -OCH3 is 1. The van der Waals surface area contributed by atoms with Crippen molar-refractivity contribution in [2.75, 3.05) is 13.7 Å². The van der Waals surface area contributed by atoms with Gasteiger partial charge in [-0.1, -0.05) is 24.3 Å². The molecule has 1 amide bonds. The van der Waals surface area contributed by atoms with Gasteiger partial charge in [0.15, 0.2) is 11.6 Å². The zero-order valence-electron chi connectivity index (χ0n) is 18.0. The van der Waals surface area contributed by atoms with Crippen LogP contribution >= 0.6 is 0 Å². The predicted molar refractivity (Wildman–Crippen MR) is 120 cm³/mol. The molecule has 1 aliphatic heterocycles. The van der Waals surface area contributed by atoms with Gasteiger partial charge in [0, 0.05) is 29.3 Å². The molecule has 2 N–H and O–H groups in total. The van der Waals surface area contributed by atoms with Crippen LogP contribution in [-0.2, 0) is 24.2 Å². The fourth-order valence-electron chi connectivity index (χ4n) is 4.60. The third-order valence-corrected chi connectivity index (χ3v) is 6.14. The minimum atomic E-state index is -1.05. The number of hydrogen-bond acceptors (Lipinski definition) is 4. The Morgan fingerprint density at radius 2 is 2.12 bits per heavy atom. The van der Waals surface area contributed by atoms with E-state index in [1.54, 1.807) is 11.0 Å². The quantitative estimate of drug-likeness (QED) is 0.514. The van der Waals surface area contributed by atoms with E-state index in [1.807, 2.05) is 24.3 Å². The molecule has 0 saturated carbocycles. The largest absolute Gasteiger partial charge is 0.494 e. The maximum atomic E-state index is 14.3. The zero-order chi connectivity index (χ0) is 22.4. The highest BCUT2D eigenvalue weighted by Gasteiger charge is 2.28. The van der Waals surface area contributed by atoms with Crippen molar-refractivity contribution < 1.29 is 19.0 Å². The lowest BCUT2D eigenvalue weighted by atomic mass is 9.96. The molecule has 0 bridgehead atoms. The number of hydrogen-bond donors (Lipinski definition) is 2. The maximum Gasteiger partial charge on any atom is 0.251 e. The molecule has 164 valence electrons. The van der Waals surface area contributed by atoms with Crippen LogP contribution < -0.4 is 4.74 Å². The van der Waals surface area contributed by atoms with Crippen molar-refractivity contribution in [2.45, 2.75) is 32.4 Å². The number of ether oxygens (including phenoxy) is 1. The zero-order valence-corrected chi connectivity index (χ0v) is 18.0.